The molecule has 2 N–H and O–H groups in total. The van der Waals surface area contributed by atoms with E-state index in [0.717, 1.165) is 6.07 Å². The van der Waals surface area contributed by atoms with E-state index in [9.17, 15) is 28.1 Å². The third kappa shape index (κ3) is 5.68. The second-order valence-electron chi connectivity index (χ2n) is 6.40. The molecule has 1 heterocycles. The van der Waals surface area contributed by atoms with Crippen molar-refractivity contribution >= 4 is 23.2 Å². The highest BCUT2D eigenvalue weighted by Gasteiger charge is 2.41. The highest BCUT2D eigenvalue weighted by molar-refractivity contribution is 6.31. The molecule has 0 aromatic carbocycles. The lowest BCUT2D eigenvalue weighted by atomic mass is 9.85. The van der Waals surface area contributed by atoms with Gasteiger partial charge in [0.2, 0.25) is 11.0 Å². The number of aliphatic hydroxyl groups excluding tert-OH is 1. The molecule has 28 heavy (non-hydrogen) atoms. The van der Waals surface area contributed by atoms with Gasteiger partial charge in [-0.1, -0.05) is 11.6 Å². The van der Waals surface area contributed by atoms with Crippen LogP contribution >= 0.6 is 11.6 Å². The number of aromatic nitrogens is 1. The molecule has 8 nitrogen and oxygen atoms in total. The molecule has 0 saturated heterocycles. The Labute approximate surface area is 163 Å². The number of carbonyl (C=O) groups is 1. The van der Waals surface area contributed by atoms with Gasteiger partial charge in [0.1, 0.15) is 5.56 Å². The number of aliphatic hydroxyl groups is 1. The Morgan fingerprint density at radius 2 is 2.04 bits per heavy atom. The zero-order valence-corrected chi connectivity index (χ0v) is 15.4. The lowest BCUT2D eigenvalue weighted by molar-refractivity contribution is -0.385. The second-order valence-corrected chi connectivity index (χ2v) is 6.76. The average molecular weight is 426 g/mol. The Morgan fingerprint density at radius 1 is 1.39 bits per heavy atom. The second kappa shape index (κ2) is 9.37. The summed E-state index contributed by atoms with van der Waals surface area (Å²) < 4.78 is 43.5. The van der Waals surface area contributed by atoms with Crippen molar-refractivity contribution in [1.29, 1.82) is 0 Å². The van der Waals surface area contributed by atoms with Crippen molar-refractivity contribution in [2.75, 3.05) is 13.2 Å². The van der Waals surface area contributed by atoms with Crippen LogP contribution in [0.1, 0.15) is 42.5 Å². The monoisotopic (exact) mass is 425 g/mol. The Balaban J connectivity index is 2.14. The first kappa shape index (κ1) is 22.2. The number of rotatable bonds is 7. The Bertz CT molecular complexity index is 724. The van der Waals surface area contributed by atoms with Crippen LogP contribution in [0.4, 0.5) is 18.9 Å². The Hall–Kier alpha value is -2.14. The van der Waals surface area contributed by atoms with E-state index in [0.29, 0.717) is 0 Å². The summed E-state index contributed by atoms with van der Waals surface area (Å²) in [4.78, 5) is 26.5. The van der Waals surface area contributed by atoms with Gasteiger partial charge >= 0.3 is 11.9 Å². The van der Waals surface area contributed by atoms with Crippen LogP contribution in [0.2, 0.25) is 5.15 Å². The molecule has 1 saturated carbocycles. The number of nitrogens with zero attached hydrogens (tertiary/aromatic N) is 2. The molecule has 1 aromatic heterocycles. The number of nitrogens with one attached hydrogen (secondary N) is 1. The summed E-state index contributed by atoms with van der Waals surface area (Å²) in [7, 11) is 0. The molecular weight excluding hydrogens is 407 g/mol. The lowest BCUT2D eigenvalue weighted by Crippen LogP contribution is -2.40. The summed E-state index contributed by atoms with van der Waals surface area (Å²) in [6.07, 6.45) is -3.96. The number of hydrogen-bond donors (Lipinski definition) is 2. The first-order valence-electron chi connectivity index (χ1n) is 8.59. The van der Waals surface area contributed by atoms with Crippen molar-refractivity contribution in [3.8, 4) is 5.88 Å². The molecule has 156 valence electrons. The van der Waals surface area contributed by atoms with Gasteiger partial charge in [0.15, 0.2) is 0 Å². The number of ether oxygens (including phenoxy) is 1. The number of alkyl halides is 3. The lowest BCUT2D eigenvalue weighted by Gasteiger charge is -2.30. The molecule has 0 bridgehead atoms. The van der Waals surface area contributed by atoms with Gasteiger partial charge in [-0.05, 0) is 25.7 Å². The maximum Gasteiger partial charge on any atom is 0.391 e. The minimum atomic E-state index is -4.26. The first-order valence-corrected chi connectivity index (χ1v) is 8.97. The molecule has 1 aliphatic carbocycles. The fourth-order valence-electron chi connectivity index (χ4n) is 2.93. The quantitative estimate of drug-likeness (QED) is 0.300. The van der Waals surface area contributed by atoms with Crippen LogP contribution in [0.5, 0.6) is 5.88 Å². The smallest absolute Gasteiger partial charge is 0.391 e. The molecule has 1 amide bonds. The largest absolute Gasteiger partial charge is 0.477 e. The van der Waals surface area contributed by atoms with E-state index in [-0.39, 0.29) is 56.8 Å². The minimum absolute atomic E-state index is 0.00535. The molecule has 0 unspecified atom stereocenters. The number of nitro groups is 1. The van der Waals surface area contributed by atoms with Crippen molar-refractivity contribution in [2.24, 2.45) is 5.92 Å². The highest BCUT2D eigenvalue weighted by atomic mass is 35.5. The van der Waals surface area contributed by atoms with Gasteiger partial charge < -0.3 is 15.2 Å². The molecule has 1 fully saturated rings. The fourth-order valence-corrected chi connectivity index (χ4v) is 3.13. The van der Waals surface area contributed by atoms with Crippen LogP contribution in [0.3, 0.4) is 0 Å². The number of halogens is 4. The van der Waals surface area contributed by atoms with Crippen molar-refractivity contribution in [3.63, 3.8) is 0 Å². The van der Waals surface area contributed by atoms with E-state index >= 15 is 0 Å². The first-order chi connectivity index (χ1) is 13.1. The fraction of sp³-hybridized carbons (Fsp3) is 0.625. The Morgan fingerprint density at radius 3 is 2.57 bits per heavy atom. The maximum absolute atomic E-state index is 12.7. The van der Waals surface area contributed by atoms with E-state index in [1.54, 1.807) is 0 Å². The number of amides is 1. The predicted molar refractivity (Wildman–Crippen MR) is 92.4 cm³/mol. The molecule has 0 radical (unpaired) electrons. The van der Waals surface area contributed by atoms with E-state index < -0.39 is 39.8 Å². The zero-order chi connectivity index (χ0) is 20.9. The van der Waals surface area contributed by atoms with Crippen LogP contribution in [0, 0.1) is 16.0 Å². The molecule has 0 atom stereocenters. The standard InChI is InChI=1S/C16H19ClF3N3O5/c17-13-12(23(26)27)8-11(15(22-13)28-7-1-6-24)14(25)21-10-4-2-9(3-5-10)16(18,19)20/h8-10,24H,1-7H2,(H,21,25). The summed E-state index contributed by atoms with van der Waals surface area (Å²) in [5.74, 6) is -2.39. The van der Waals surface area contributed by atoms with E-state index in [2.05, 4.69) is 10.3 Å². The van der Waals surface area contributed by atoms with Crippen LogP contribution in [-0.4, -0.2) is 46.4 Å². The highest BCUT2D eigenvalue weighted by Crippen LogP contribution is 2.37. The third-order valence-corrected chi connectivity index (χ3v) is 4.71. The van der Waals surface area contributed by atoms with Crippen molar-refractivity contribution < 1.29 is 32.7 Å². The summed E-state index contributed by atoms with van der Waals surface area (Å²) in [5, 5.41) is 22.0. The van der Waals surface area contributed by atoms with Gasteiger partial charge in [-0.2, -0.15) is 18.2 Å². The zero-order valence-electron chi connectivity index (χ0n) is 14.7. The summed E-state index contributed by atoms with van der Waals surface area (Å²) in [5.41, 5.74) is -0.839. The number of pyridine rings is 1. The van der Waals surface area contributed by atoms with Gasteiger partial charge in [-0.25, -0.2) is 0 Å². The topological polar surface area (TPSA) is 115 Å². The van der Waals surface area contributed by atoms with Gasteiger partial charge in [-0.15, -0.1) is 0 Å². The Kier molecular flexibility index (Phi) is 7.41. The molecule has 1 aliphatic rings. The average Bonchev–Trinajstić information content (AvgIpc) is 2.61. The number of carbonyl (C=O) groups excluding carboxylic acids is 1. The van der Waals surface area contributed by atoms with Crippen molar-refractivity contribution in [2.45, 2.75) is 44.3 Å². The molecule has 1 aromatic rings. The van der Waals surface area contributed by atoms with Crippen LogP contribution in [0.25, 0.3) is 0 Å². The molecule has 0 aliphatic heterocycles. The minimum Gasteiger partial charge on any atom is -0.477 e. The summed E-state index contributed by atoms with van der Waals surface area (Å²) in [6.45, 7) is -0.181. The van der Waals surface area contributed by atoms with Crippen LogP contribution < -0.4 is 10.1 Å². The van der Waals surface area contributed by atoms with Crippen molar-refractivity contribution in [3.05, 3.63) is 26.9 Å². The van der Waals surface area contributed by atoms with Crippen molar-refractivity contribution in [1.82, 2.24) is 10.3 Å². The third-order valence-electron chi connectivity index (χ3n) is 4.43. The summed E-state index contributed by atoms with van der Waals surface area (Å²) in [6, 6.07) is 0.423. The predicted octanol–water partition coefficient (Wildman–Crippen LogP) is 3.26. The maximum atomic E-state index is 12.7. The van der Waals surface area contributed by atoms with E-state index in [1.807, 2.05) is 0 Å². The van der Waals surface area contributed by atoms with Gasteiger partial charge in [0, 0.05) is 25.1 Å². The van der Waals surface area contributed by atoms with Gasteiger partial charge in [0.05, 0.1) is 17.4 Å². The molecule has 0 spiro atoms. The SMILES string of the molecule is O=C(NC1CCC(C(F)(F)F)CC1)c1cc([N+](=O)[O-])c(Cl)nc1OCCCO. The number of hydrogen-bond acceptors (Lipinski definition) is 6. The molecular formula is C16H19ClF3N3O5. The van der Waals surface area contributed by atoms with Crippen LogP contribution in [0.15, 0.2) is 6.07 Å². The summed E-state index contributed by atoms with van der Waals surface area (Å²) >= 11 is 5.74. The van der Waals surface area contributed by atoms with E-state index in [4.69, 9.17) is 21.4 Å². The van der Waals surface area contributed by atoms with Gasteiger partial charge in [0.25, 0.3) is 5.91 Å². The van der Waals surface area contributed by atoms with E-state index in [1.165, 1.54) is 0 Å². The normalized spacial score (nSPS) is 19.9. The molecule has 12 heteroatoms. The van der Waals surface area contributed by atoms with Crippen LogP contribution in [-0.2, 0) is 0 Å². The molecule has 2 rings (SSSR count). The van der Waals surface area contributed by atoms with Gasteiger partial charge in [-0.3, -0.25) is 14.9 Å².